The quantitative estimate of drug-likeness (QED) is 0.702. The van der Waals surface area contributed by atoms with Crippen molar-refractivity contribution in [1.29, 1.82) is 0 Å². The zero-order valence-electron chi connectivity index (χ0n) is 9.36. The summed E-state index contributed by atoms with van der Waals surface area (Å²) in [5.74, 6) is 0. The molecule has 2 rings (SSSR count). The van der Waals surface area contributed by atoms with Gasteiger partial charge in [0.05, 0.1) is 0 Å². The van der Waals surface area contributed by atoms with Crippen LogP contribution < -0.4 is 4.90 Å². The molecule has 0 saturated carbocycles. The number of rotatable bonds is 3. The van der Waals surface area contributed by atoms with Gasteiger partial charge in [0.1, 0.15) is 6.29 Å². The van der Waals surface area contributed by atoms with Crippen LogP contribution in [-0.4, -0.2) is 19.4 Å². The van der Waals surface area contributed by atoms with Gasteiger partial charge in [0, 0.05) is 25.2 Å². The van der Waals surface area contributed by atoms with Crippen molar-refractivity contribution in [3.05, 3.63) is 29.3 Å². The molecule has 0 aliphatic carbocycles. The Balaban J connectivity index is 2.36. The lowest BCUT2D eigenvalue weighted by Crippen LogP contribution is -2.28. The van der Waals surface area contributed by atoms with Gasteiger partial charge >= 0.3 is 0 Å². The highest BCUT2D eigenvalue weighted by atomic mass is 16.1. The summed E-state index contributed by atoms with van der Waals surface area (Å²) in [4.78, 5) is 12.9. The Morgan fingerprint density at radius 1 is 1.53 bits per heavy atom. The fourth-order valence-electron chi connectivity index (χ4n) is 2.47. The third-order valence-electron chi connectivity index (χ3n) is 3.31. The van der Waals surface area contributed by atoms with Gasteiger partial charge in [0.25, 0.3) is 0 Å². The molecular weight excluding hydrogens is 186 g/mol. The molecule has 15 heavy (non-hydrogen) atoms. The second-order valence-electron chi connectivity index (χ2n) is 4.15. The summed E-state index contributed by atoms with van der Waals surface area (Å²) >= 11 is 0. The smallest absolute Gasteiger partial charge is 0.122 e. The van der Waals surface area contributed by atoms with Crippen molar-refractivity contribution in [3.8, 4) is 0 Å². The Bertz CT molecular complexity index is 373. The normalized spacial score (nSPS) is 19.1. The molecule has 2 nitrogen and oxygen atoms in total. The highest BCUT2D eigenvalue weighted by molar-refractivity contribution is 5.66. The largest absolute Gasteiger partial charge is 0.370 e. The second-order valence-corrected chi connectivity index (χ2v) is 4.15. The lowest BCUT2D eigenvalue weighted by Gasteiger charge is -2.22. The Morgan fingerprint density at radius 3 is 3.00 bits per heavy atom. The van der Waals surface area contributed by atoms with Crippen molar-refractivity contribution in [2.24, 2.45) is 0 Å². The minimum atomic E-state index is 0.366. The maximum Gasteiger partial charge on any atom is 0.122 e. The lowest BCUT2D eigenvalue weighted by molar-refractivity contribution is -0.108. The van der Waals surface area contributed by atoms with Gasteiger partial charge in [-0.3, -0.25) is 0 Å². The summed E-state index contributed by atoms with van der Waals surface area (Å²) in [6, 6.07) is 6.84. The van der Waals surface area contributed by atoms with Crippen LogP contribution >= 0.6 is 0 Å². The zero-order chi connectivity index (χ0) is 10.8. The van der Waals surface area contributed by atoms with Gasteiger partial charge < -0.3 is 9.69 Å². The number of carbonyl (C=O) groups is 1. The molecular formula is C13H17NO. The standard InChI is InChI=1S/C13H17NO/c1-3-10-5-4-6-11-9-12(7-8-15)14(2)13(10)11/h4-6,8,12H,3,7,9H2,1-2H3. The molecule has 80 valence electrons. The molecule has 2 heteroatoms. The maximum absolute atomic E-state index is 10.6. The Morgan fingerprint density at radius 2 is 2.33 bits per heavy atom. The molecule has 1 aromatic rings. The number of benzene rings is 1. The van der Waals surface area contributed by atoms with Crippen LogP contribution in [0.3, 0.4) is 0 Å². The van der Waals surface area contributed by atoms with Crippen LogP contribution in [0.5, 0.6) is 0 Å². The molecule has 1 heterocycles. The average molecular weight is 203 g/mol. The number of hydrogen-bond acceptors (Lipinski definition) is 2. The van der Waals surface area contributed by atoms with Crippen LogP contribution in [0, 0.1) is 0 Å². The average Bonchev–Trinajstić information content (AvgIpc) is 2.57. The van der Waals surface area contributed by atoms with Crippen LogP contribution in [0.15, 0.2) is 18.2 Å². The van der Waals surface area contributed by atoms with Gasteiger partial charge in [-0.25, -0.2) is 0 Å². The molecule has 1 aromatic carbocycles. The molecule has 0 N–H and O–H groups in total. The van der Waals surface area contributed by atoms with Crippen LogP contribution in [0.25, 0.3) is 0 Å². The predicted molar refractivity (Wildman–Crippen MR) is 62.4 cm³/mol. The molecule has 0 fully saturated rings. The second kappa shape index (κ2) is 4.05. The van der Waals surface area contributed by atoms with E-state index in [1.165, 1.54) is 16.8 Å². The van der Waals surface area contributed by atoms with Crippen molar-refractivity contribution >= 4 is 12.0 Å². The van der Waals surface area contributed by atoms with Gasteiger partial charge in [-0.1, -0.05) is 25.1 Å². The lowest BCUT2D eigenvalue weighted by atomic mass is 10.0. The number of hydrogen-bond donors (Lipinski definition) is 0. The molecule has 0 spiro atoms. The fraction of sp³-hybridized carbons (Fsp3) is 0.462. The molecule has 0 bridgehead atoms. The third kappa shape index (κ3) is 1.65. The van der Waals surface area contributed by atoms with E-state index >= 15 is 0 Å². The minimum Gasteiger partial charge on any atom is -0.370 e. The van der Waals surface area contributed by atoms with Crippen molar-refractivity contribution < 1.29 is 4.79 Å². The van der Waals surface area contributed by atoms with Crippen LogP contribution in [0.1, 0.15) is 24.5 Å². The van der Waals surface area contributed by atoms with E-state index in [0.29, 0.717) is 12.5 Å². The monoisotopic (exact) mass is 203 g/mol. The van der Waals surface area contributed by atoms with Gasteiger partial charge in [0.2, 0.25) is 0 Å². The molecule has 0 saturated heterocycles. The van der Waals surface area contributed by atoms with Crippen molar-refractivity contribution in [2.45, 2.75) is 32.2 Å². The summed E-state index contributed by atoms with van der Waals surface area (Å²) in [7, 11) is 2.10. The first kappa shape index (κ1) is 10.2. The van der Waals surface area contributed by atoms with Crippen molar-refractivity contribution in [3.63, 3.8) is 0 Å². The van der Waals surface area contributed by atoms with E-state index in [1.807, 2.05) is 0 Å². The predicted octanol–water partition coefficient (Wildman–Crippen LogP) is 2.20. The number of para-hydroxylation sites is 1. The molecule has 1 unspecified atom stereocenters. The summed E-state index contributed by atoms with van der Waals surface area (Å²) in [5.41, 5.74) is 4.14. The summed E-state index contributed by atoms with van der Waals surface area (Å²) < 4.78 is 0. The van der Waals surface area contributed by atoms with Gasteiger partial charge in [-0.05, 0) is 24.0 Å². The van der Waals surface area contributed by atoms with E-state index in [2.05, 4.69) is 37.1 Å². The van der Waals surface area contributed by atoms with E-state index in [9.17, 15) is 4.79 Å². The fourth-order valence-corrected chi connectivity index (χ4v) is 2.47. The van der Waals surface area contributed by atoms with Crippen LogP contribution in [0.4, 0.5) is 5.69 Å². The highest BCUT2D eigenvalue weighted by Crippen LogP contribution is 2.35. The summed E-state index contributed by atoms with van der Waals surface area (Å²) in [5, 5.41) is 0. The number of aldehydes is 1. The highest BCUT2D eigenvalue weighted by Gasteiger charge is 2.27. The van der Waals surface area contributed by atoms with Gasteiger partial charge in [-0.15, -0.1) is 0 Å². The van der Waals surface area contributed by atoms with E-state index < -0.39 is 0 Å². The first-order valence-electron chi connectivity index (χ1n) is 5.55. The van der Waals surface area contributed by atoms with E-state index in [4.69, 9.17) is 0 Å². The molecule has 0 amide bonds. The van der Waals surface area contributed by atoms with Gasteiger partial charge in [-0.2, -0.15) is 0 Å². The first-order valence-corrected chi connectivity index (χ1v) is 5.55. The Hall–Kier alpha value is -1.31. The Kier molecular flexibility index (Phi) is 2.76. The summed E-state index contributed by atoms with van der Waals surface area (Å²) in [6.07, 6.45) is 3.73. The van der Waals surface area contributed by atoms with E-state index in [-0.39, 0.29) is 0 Å². The minimum absolute atomic E-state index is 0.366. The molecule has 1 atom stereocenters. The van der Waals surface area contributed by atoms with Crippen molar-refractivity contribution in [2.75, 3.05) is 11.9 Å². The maximum atomic E-state index is 10.6. The molecule has 1 aliphatic heterocycles. The SMILES string of the molecule is CCc1cccc2c1N(C)C(CC=O)C2. The Labute approximate surface area is 90.9 Å². The first-order chi connectivity index (χ1) is 7.27. The topological polar surface area (TPSA) is 20.3 Å². The third-order valence-corrected chi connectivity index (χ3v) is 3.31. The van der Waals surface area contributed by atoms with Crippen LogP contribution in [-0.2, 0) is 17.6 Å². The molecule has 0 aromatic heterocycles. The zero-order valence-corrected chi connectivity index (χ0v) is 9.36. The van der Waals surface area contributed by atoms with E-state index in [1.54, 1.807) is 0 Å². The molecule has 0 radical (unpaired) electrons. The number of anilines is 1. The van der Waals surface area contributed by atoms with Gasteiger partial charge in [0.15, 0.2) is 0 Å². The summed E-state index contributed by atoms with van der Waals surface area (Å²) in [6.45, 7) is 2.18. The molecule has 1 aliphatic rings. The number of aryl methyl sites for hydroxylation is 1. The number of carbonyl (C=O) groups excluding carboxylic acids is 1. The van der Waals surface area contributed by atoms with Crippen molar-refractivity contribution in [1.82, 2.24) is 0 Å². The number of likely N-dealkylation sites (N-methyl/N-ethyl adjacent to an activating group) is 1. The van der Waals surface area contributed by atoms with Crippen LogP contribution in [0.2, 0.25) is 0 Å². The number of nitrogens with zero attached hydrogens (tertiary/aromatic N) is 1. The number of fused-ring (bicyclic) bond motifs is 1. The van der Waals surface area contributed by atoms with E-state index in [0.717, 1.165) is 19.1 Å².